The van der Waals surface area contributed by atoms with E-state index < -0.39 is 10.9 Å². The van der Waals surface area contributed by atoms with Crippen LogP contribution in [0.1, 0.15) is 16.1 Å². The Morgan fingerprint density at radius 3 is 2.90 bits per heavy atom. The molecule has 0 fully saturated rings. The predicted octanol–water partition coefficient (Wildman–Crippen LogP) is 0.700. The Balaban J connectivity index is 1.92. The number of nitrogens with zero attached hydrogens (tertiary/aromatic N) is 5. The summed E-state index contributed by atoms with van der Waals surface area (Å²) < 4.78 is 1.38. The number of carboxylic acids is 1. The Hall–Kier alpha value is -3.04. The molecule has 0 atom stereocenters. The second-order valence-corrected chi connectivity index (χ2v) is 4.21. The molecule has 0 aliphatic heterocycles. The summed E-state index contributed by atoms with van der Waals surface area (Å²) in [5, 5.41) is 29.5. The van der Waals surface area contributed by atoms with Crippen LogP contribution in [0.15, 0.2) is 18.5 Å². The summed E-state index contributed by atoms with van der Waals surface area (Å²) in [7, 11) is 0. The van der Waals surface area contributed by atoms with Crippen LogP contribution in [0, 0.1) is 17.0 Å². The topological polar surface area (TPSA) is 136 Å². The lowest BCUT2D eigenvalue weighted by Crippen LogP contribution is -2.12. The average molecular weight is 292 g/mol. The van der Waals surface area contributed by atoms with Crippen LogP contribution >= 0.6 is 0 Å². The van der Waals surface area contributed by atoms with E-state index in [1.165, 1.54) is 17.1 Å². The van der Waals surface area contributed by atoms with Gasteiger partial charge < -0.3 is 10.4 Å². The van der Waals surface area contributed by atoms with E-state index in [4.69, 9.17) is 5.11 Å². The molecule has 0 saturated carbocycles. The SMILES string of the molecule is Cc1cc(NCCn2cc(C(=O)O)nn2)ncc1[N+](=O)[O-]. The van der Waals surface area contributed by atoms with Crippen LogP contribution in [0.5, 0.6) is 0 Å². The van der Waals surface area contributed by atoms with Gasteiger partial charge in [-0.3, -0.25) is 10.1 Å². The van der Waals surface area contributed by atoms with Crippen molar-refractivity contribution in [3.63, 3.8) is 0 Å². The van der Waals surface area contributed by atoms with E-state index in [0.717, 1.165) is 0 Å². The normalized spacial score (nSPS) is 10.3. The fourth-order valence-corrected chi connectivity index (χ4v) is 1.64. The molecular formula is C11H12N6O4. The number of carboxylic acid groups (broad SMARTS) is 1. The summed E-state index contributed by atoms with van der Waals surface area (Å²) in [6.07, 6.45) is 2.51. The van der Waals surface area contributed by atoms with Gasteiger partial charge in [0.05, 0.1) is 17.7 Å². The lowest BCUT2D eigenvalue weighted by Gasteiger charge is -2.06. The molecule has 0 aliphatic carbocycles. The van der Waals surface area contributed by atoms with E-state index in [9.17, 15) is 14.9 Å². The molecule has 0 radical (unpaired) electrons. The number of hydrogen-bond donors (Lipinski definition) is 2. The van der Waals surface area contributed by atoms with Gasteiger partial charge in [-0.2, -0.15) is 0 Å². The van der Waals surface area contributed by atoms with E-state index in [1.807, 2.05) is 0 Å². The van der Waals surface area contributed by atoms with Gasteiger partial charge in [-0.25, -0.2) is 14.5 Å². The molecule has 2 heterocycles. The smallest absolute Gasteiger partial charge is 0.358 e. The Bertz CT molecular complexity index is 683. The second-order valence-electron chi connectivity index (χ2n) is 4.21. The molecule has 2 aromatic heterocycles. The lowest BCUT2D eigenvalue weighted by molar-refractivity contribution is -0.385. The number of aromatic carboxylic acids is 1. The van der Waals surface area contributed by atoms with Crippen LogP contribution in [-0.4, -0.2) is 42.5 Å². The molecule has 0 saturated heterocycles. The van der Waals surface area contributed by atoms with Gasteiger partial charge in [0.2, 0.25) is 0 Å². The molecule has 2 aromatic rings. The Labute approximate surface area is 118 Å². The third-order valence-electron chi connectivity index (χ3n) is 2.68. The summed E-state index contributed by atoms with van der Waals surface area (Å²) in [4.78, 5) is 24.7. The molecule has 10 nitrogen and oxygen atoms in total. The Morgan fingerprint density at radius 2 is 2.33 bits per heavy atom. The molecule has 21 heavy (non-hydrogen) atoms. The highest BCUT2D eigenvalue weighted by atomic mass is 16.6. The average Bonchev–Trinajstić information content (AvgIpc) is 2.87. The number of anilines is 1. The number of pyridine rings is 1. The van der Waals surface area contributed by atoms with Crippen molar-refractivity contribution < 1.29 is 14.8 Å². The molecule has 0 spiro atoms. The van der Waals surface area contributed by atoms with E-state index in [-0.39, 0.29) is 11.4 Å². The quantitative estimate of drug-likeness (QED) is 0.586. The highest BCUT2D eigenvalue weighted by molar-refractivity contribution is 5.84. The molecule has 110 valence electrons. The first kappa shape index (κ1) is 14.4. The van der Waals surface area contributed by atoms with Crippen LogP contribution < -0.4 is 5.32 Å². The van der Waals surface area contributed by atoms with Crippen molar-refractivity contribution in [2.45, 2.75) is 13.5 Å². The van der Waals surface area contributed by atoms with Crippen LogP contribution in [-0.2, 0) is 6.54 Å². The number of nitro groups is 1. The van der Waals surface area contributed by atoms with Gasteiger partial charge >= 0.3 is 5.97 Å². The van der Waals surface area contributed by atoms with Crippen molar-refractivity contribution in [1.29, 1.82) is 0 Å². The predicted molar refractivity (Wildman–Crippen MR) is 71.1 cm³/mol. The van der Waals surface area contributed by atoms with E-state index in [2.05, 4.69) is 20.6 Å². The largest absolute Gasteiger partial charge is 0.476 e. The number of aryl methyl sites for hydroxylation is 1. The van der Waals surface area contributed by atoms with E-state index >= 15 is 0 Å². The number of hydrogen-bond acceptors (Lipinski definition) is 7. The van der Waals surface area contributed by atoms with Crippen molar-refractivity contribution in [3.8, 4) is 0 Å². The van der Waals surface area contributed by atoms with Crippen molar-refractivity contribution >= 4 is 17.5 Å². The molecule has 0 aromatic carbocycles. The van der Waals surface area contributed by atoms with Gasteiger partial charge in [0.15, 0.2) is 5.69 Å². The highest BCUT2D eigenvalue weighted by Gasteiger charge is 2.11. The first-order valence-corrected chi connectivity index (χ1v) is 5.95. The van der Waals surface area contributed by atoms with Gasteiger partial charge in [-0.1, -0.05) is 5.21 Å². The van der Waals surface area contributed by atoms with Gasteiger partial charge in [0, 0.05) is 12.1 Å². The molecule has 0 bridgehead atoms. The maximum Gasteiger partial charge on any atom is 0.358 e. The van der Waals surface area contributed by atoms with Crippen LogP contribution in [0.3, 0.4) is 0 Å². The maximum absolute atomic E-state index is 10.7. The fraction of sp³-hybridized carbons (Fsp3) is 0.273. The zero-order valence-electron chi connectivity index (χ0n) is 11.1. The summed E-state index contributed by atoms with van der Waals surface area (Å²) in [6, 6.07) is 1.57. The first-order valence-electron chi connectivity index (χ1n) is 5.95. The maximum atomic E-state index is 10.7. The number of aromatic nitrogens is 4. The number of nitrogens with one attached hydrogen (secondary N) is 1. The van der Waals surface area contributed by atoms with Gasteiger partial charge in [-0.15, -0.1) is 5.10 Å². The standard InChI is InChI=1S/C11H12N6O4/c1-7-4-10(13-5-9(7)17(20)21)12-2-3-16-6-8(11(18)19)14-15-16/h4-6H,2-3H2,1H3,(H,12,13)(H,18,19). The van der Waals surface area contributed by atoms with Crippen LogP contribution in [0.4, 0.5) is 11.5 Å². The monoisotopic (exact) mass is 292 g/mol. The van der Waals surface area contributed by atoms with Crippen molar-refractivity contribution in [3.05, 3.63) is 39.8 Å². The number of rotatable bonds is 6. The summed E-state index contributed by atoms with van der Waals surface area (Å²) in [5.74, 6) is -0.640. The molecule has 2 rings (SSSR count). The van der Waals surface area contributed by atoms with Crippen molar-refractivity contribution in [1.82, 2.24) is 20.0 Å². The molecule has 0 aliphatic rings. The van der Waals surface area contributed by atoms with E-state index in [1.54, 1.807) is 13.0 Å². The van der Waals surface area contributed by atoms with Crippen LogP contribution in [0.25, 0.3) is 0 Å². The van der Waals surface area contributed by atoms with Crippen molar-refractivity contribution in [2.24, 2.45) is 0 Å². The Kier molecular flexibility index (Phi) is 4.07. The summed E-state index contributed by atoms with van der Waals surface area (Å²) >= 11 is 0. The van der Waals surface area contributed by atoms with Crippen molar-refractivity contribution in [2.75, 3.05) is 11.9 Å². The van der Waals surface area contributed by atoms with Gasteiger partial charge in [0.25, 0.3) is 5.69 Å². The van der Waals surface area contributed by atoms with Gasteiger partial charge in [-0.05, 0) is 13.0 Å². The third kappa shape index (κ3) is 3.49. The molecule has 0 amide bonds. The number of carbonyl (C=O) groups is 1. The van der Waals surface area contributed by atoms with E-state index in [0.29, 0.717) is 24.5 Å². The molecule has 10 heteroatoms. The minimum absolute atomic E-state index is 0.0390. The first-order chi connectivity index (χ1) is 9.97. The molecule has 0 unspecified atom stereocenters. The zero-order chi connectivity index (χ0) is 15.4. The lowest BCUT2D eigenvalue weighted by atomic mass is 10.2. The molecule has 2 N–H and O–H groups in total. The van der Waals surface area contributed by atoms with Crippen LogP contribution in [0.2, 0.25) is 0 Å². The Morgan fingerprint density at radius 1 is 1.57 bits per heavy atom. The molecular weight excluding hydrogens is 280 g/mol. The fourth-order valence-electron chi connectivity index (χ4n) is 1.64. The van der Waals surface area contributed by atoms with Gasteiger partial charge in [0.1, 0.15) is 12.0 Å². The second kappa shape index (κ2) is 5.94. The summed E-state index contributed by atoms with van der Waals surface area (Å²) in [5.41, 5.74) is 0.341. The third-order valence-corrected chi connectivity index (χ3v) is 2.68. The minimum Gasteiger partial charge on any atom is -0.476 e. The zero-order valence-corrected chi connectivity index (χ0v) is 11.1. The summed E-state index contributed by atoms with van der Waals surface area (Å²) in [6.45, 7) is 2.44. The highest BCUT2D eigenvalue weighted by Crippen LogP contribution is 2.18. The minimum atomic E-state index is -1.14.